The van der Waals surface area contributed by atoms with Gasteiger partial charge in [0.2, 0.25) is 0 Å². The van der Waals surface area contributed by atoms with E-state index < -0.39 is 0 Å². The number of hydrogen-bond acceptors (Lipinski definition) is 3. The zero-order valence-electron chi connectivity index (χ0n) is 12.3. The van der Waals surface area contributed by atoms with Crippen LogP contribution in [0.1, 0.15) is 18.4 Å². The van der Waals surface area contributed by atoms with Crippen LogP contribution in [-0.2, 0) is 6.42 Å². The average molecular weight is 285 g/mol. The predicted molar refractivity (Wildman–Crippen MR) is 85.9 cm³/mol. The summed E-state index contributed by atoms with van der Waals surface area (Å²) in [6, 6.07) is 17.5. The molecule has 3 nitrogen and oxygen atoms in total. The highest BCUT2D eigenvalue weighted by Gasteiger charge is 1.96. The van der Waals surface area contributed by atoms with Gasteiger partial charge in [-0.1, -0.05) is 36.4 Å². The summed E-state index contributed by atoms with van der Waals surface area (Å²) in [7, 11) is 0. The minimum Gasteiger partial charge on any atom is -0.508 e. The summed E-state index contributed by atoms with van der Waals surface area (Å²) in [6.07, 6.45) is 3.23. The first-order valence-electron chi connectivity index (χ1n) is 7.51. The fourth-order valence-electron chi connectivity index (χ4n) is 2.15. The zero-order chi connectivity index (χ0) is 14.8. The highest BCUT2D eigenvalue weighted by atomic mass is 16.5. The van der Waals surface area contributed by atoms with E-state index in [2.05, 4.69) is 29.6 Å². The third-order valence-corrected chi connectivity index (χ3v) is 3.25. The number of hydrogen-bond donors (Lipinski definition) is 2. The van der Waals surface area contributed by atoms with Crippen molar-refractivity contribution in [2.45, 2.75) is 19.3 Å². The van der Waals surface area contributed by atoms with Gasteiger partial charge in [-0.3, -0.25) is 0 Å². The van der Waals surface area contributed by atoms with Crippen molar-refractivity contribution in [3.63, 3.8) is 0 Å². The van der Waals surface area contributed by atoms with E-state index in [0.29, 0.717) is 6.61 Å². The van der Waals surface area contributed by atoms with Gasteiger partial charge in [0.05, 0.1) is 6.61 Å². The minimum atomic E-state index is 0.242. The molecule has 0 saturated heterocycles. The van der Waals surface area contributed by atoms with Crippen LogP contribution in [0.4, 0.5) is 0 Å². The van der Waals surface area contributed by atoms with Gasteiger partial charge < -0.3 is 15.2 Å². The third-order valence-electron chi connectivity index (χ3n) is 3.25. The number of aryl methyl sites for hydroxylation is 1. The highest BCUT2D eigenvalue weighted by Crippen LogP contribution is 2.17. The molecule has 21 heavy (non-hydrogen) atoms. The van der Waals surface area contributed by atoms with Crippen LogP contribution in [0.5, 0.6) is 11.5 Å². The van der Waals surface area contributed by atoms with Crippen LogP contribution in [0.3, 0.4) is 0 Å². The Morgan fingerprint density at radius 1 is 0.905 bits per heavy atom. The molecule has 0 saturated carbocycles. The summed E-state index contributed by atoms with van der Waals surface area (Å²) in [4.78, 5) is 0. The first kappa shape index (κ1) is 15.4. The summed E-state index contributed by atoms with van der Waals surface area (Å²) in [5.74, 6) is 0.964. The van der Waals surface area contributed by atoms with Crippen molar-refractivity contribution in [1.29, 1.82) is 0 Å². The molecule has 2 N–H and O–H groups in total. The van der Waals surface area contributed by atoms with Crippen LogP contribution < -0.4 is 10.1 Å². The maximum Gasteiger partial charge on any atom is 0.122 e. The maximum atomic E-state index is 9.31. The second-order valence-electron chi connectivity index (χ2n) is 5.04. The number of aromatic hydroxyl groups is 1. The van der Waals surface area contributed by atoms with Crippen LogP contribution in [0.15, 0.2) is 54.6 Å². The molecule has 0 aliphatic heterocycles. The fraction of sp³-hybridized carbons (Fsp3) is 0.333. The van der Waals surface area contributed by atoms with Crippen molar-refractivity contribution < 1.29 is 9.84 Å². The molecule has 0 aromatic heterocycles. The van der Waals surface area contributed by atoms with Gasteiger partial charge in [0, 0.05) is 6.07 Å². The largest absolute Gasteiger partial charge is 0.508 e. The van der Waals surface area contributed by atoms with Crippen molar-refractivity contribution in [3.8, 4) is 11.5 Å². The van der Waals surface area contributed by atoms with E-state index in [9.17, 15) is 5.11 Å². The third kappa shape index (κ3) is 6.32. The topological polar surface area (TPSA) is 41.5 Å². The second-order valence-corrected chi connectivity index (χ2v) is 5.04. The molecule has 0 spiro atoms. The van der Waals surface area contributed by atoms with Crippen molar-refractivity contribution >= 4 is 0 Å². The standard InChI is InChI=1S/C18H23NO2/c20-17-10-4-11-18(15-17)21-14-6-13-19-12-5-9-16-7-2-1-3-8-16/h1-4,7-8,10-11,15,19-20H,5-6,9,12-14H2. The summed E-state index contributed by atoms with van der Waals surface area (Å²) in [5.41, 5.74) is 1.39. The van der Waals surface area contributed by atoms with Gasteiger partial charge >= 0.3 is 0 Å². The summed E-state index contributed by atoms with van der Waals surface area (Å²) >= 11 is 0. The summed E-state index contributed by atoms with van der Waals surface area (Å²) < 4.78 is 5.56. The van der Waals surface area contributed by atoms with Gasteiger partial charge in [0.1, 0.15) is 11.5 Å². The number of benzene rings is 2. The van der Waals surface area contributed by atoms with Crippen molar-refractivity contribution in [1.82, 2.24) is 5.32 Å². The van der Waals surface area contributed by atoms with Gasteiger partial charge in [-0.05, 0) is 50.0 Å². The van der Waals surface area contributed by atoms with Crippen molar-refractivity contribution in [3.05, 3.63) is 60.2 Å². The molecule has 0 fully saturated rings. The second kappa shape index (κ2) is 9.03. The average Bonchev–Trinajstić information content (AvgIpc) is 2.51. The zero-order valence-corrected chi connectivity index (χ0v) is 12.3. The summed E-state index contributed by atoms with van der Waals surface area (Å²) in [6.45, 7) is 2.64. The monoisotopic (exact) mass is 285 g/mol. The molecule has 0 aliphatic rings. The van der Waals surface area contributed by atoms with Gasteiger partial charge in [0.15, 0.2) is 0 Å². The lowest BCUT2D eigenvalue weighted by Gasteiger charge is -2.07. The Morgan fingerprint density at radius 3 is 2.52 bits per heavy atom. The molecule has 0 amide bonds. The van der Waals surface area contributed by atoms with E-state index in [1.165, 1.54) is 5.56 Å². The smallest absolute Gasteiger partial charge is 0.122 e. The first-order chi connectivity index (χ1) is 10.3. The van der Waals surface area contributed by atoms with Crippen LogP contribution in [0, 0.1) is 0 Å². The van der Waals surface area contributed by atoms with E-state index in [1.54, 1.807) is 18.2 Å². The number of phenols is 1. The van der Waals surface area contributed by atoms with E-state index in [1.807, 2.05) is 12.1 Å². The number of phenolic OH excluding ortho intramolecular Hbond substituents is 1. The first-order valence-corrected chi connectivity index (χ1v) is 7.51. The van der Waals surface area contributed by atoms with Crippen LogP contribution in [0.25, 0.3) is 0 Å². The van der Waals surface area contributed by atoms with Crippen LogP contribution >= 0.6 is 0 Å². The molecule has 0 radical (unpaired) electrons. The lowest BCUT2D eigenvalue weighted by atomic mass is 10.1. The normalized spacial score (nSPS) is 10.5. The molecule has 0 bridgehead atoms. The predicted octanol–water partition coefficient (Wildman–Crippen LogP) is 3.38. The molecule has 0 unspecified atom stereocenters. The Bertz CT molecular complexity index is 514. The molecule has 3 heteroatoms. The van der Waals surface area contributed by atoms with E-state index >= 15 is 0 Å². The lowest BCUT2D eigenvalue weighted by Crippen LogP contribution is -2.19. The quantitative estimate of drug-likeness (QED) is 0.694. The Hall–Kier alpha value is -2.00. The Morgan fingerprint density at radius 2 is 1.71 bits per heavy atom. The molecule has 0 heterocycles. The van der Waals surface area contributed by atoms with E-state index in [0.717, 1.165) is 38.1 Å². The van der Waals surface area contributed by atoms with Crippen LogP contribution in [-0.4, -0.2) is 24.8 Å². The maximum absolute atomic E-state index is 9.31. The number of rotatable bonds is 9. The van der Waals surface area contributed by atoms with Crippen LogP contribution in [0.2, 0.25) is 0 Å². The van der Waals surface area contributed by atoms with Crippen molar-refractivity contribution in [2.75, 3.05) is 19.7 Å². The SMILES string of the molecule is Oc1cccc(OCCCNCCCc2ccccc2)c1. The van der Waals surface area contributed by atoms with E-state index in [4.69, 9.17) is 4.74 Å². The Labute approximate surface area is 126 Å². The van der Waals surface area contributed by atoms with E-state index in [-0.39, 0.29) is 5.75 Å². The molecular weight excluding hydrogens is 262 g/mol. The lowest BCUT2D eigenvalue weighted by molar-refractivity contribution is 0.306. The van der Waals surface area contributed by atoms with Gasteiger partial charge in [0.25, 0.3) is 0 Å². The highest BCUT2D eigenvalue weighted by molar-refractivity contribution is 5.31. The Kier molecular flexibility index (Phi) is 6.62. The number of ether oxygens (including phenoxy) is 1. The molecule has 2 rings (SSSR count). The molecular formula is C18H23NO2. The summed E-state index contributed by atoms with van der Waals surface area (Å²) in [5, 5.41) is 12.7. The fourth-order valence-corrected chi connectivity index (χ4v) is 2.15. The molecule has 2 aromatic carbocycles. The van der Waals surface area contributed by atoms with Gasteiger partial charge in [-0.25, -0.2) is 0 Å². The number of nitrogens with one attached hydrogen (secondary N) is 1. The Balaban J connectivity index is 1.47. The van der Waals surface area contributed by atoms with Gasteiger partial charge in [-0.2, -0.15) is 0 Å². The molecule has 0 atom stereocenters. The van der Waals surface area contributed by atoms with Crippen molar-refractivity contribution in [2.24, 2.45) is 0 Å². The molecule has 0 aliphatic carbocycles. The van der Waals surface area contributed by atoms with Gasteiger partial charge in [-0.15, -0.1) is 0 Å². The minimum absolute atomic E-state index is 0.242. The molecule has 112 valence electrons. The molecule has 2 aromatic rings.